The first-order chi connectivity index (χ1) is 8.63. The summed E-state index contributed by atoms with van der Waals surface area (Å²) < 4.78 is 0. The second kappa shape index (κ2) is 4.87. The van der Waals surface area contributed by atoms with E-state index in [1.807, 2.05) is 0 Å². The van der Waals surface area contributed by atoms with E-state index < -0.39 is 0 Å². The standard InChI is InChI=1S/C14H22N2OS/c1-8(2)12-13(17)16-14(18-12)15-7-11-6-9-3-4-10(11)5-9/h8-12H,3-7H2,1-2H3,(H,15,16,17)/t9-,10-,11+,12?/m0/s1. The van der Waals surface area contributed by atoms with Gasteiger partial charge in [-0.15, -0.1) is 0 Å². The molecule has 2 fully saturated rings. The number of nitrogens with zero attached hydrogens (tertiary/aromatic N) is 1. The van der Waals surface area contributed by atoms with E-state index in [0.29, 0.717) is 5.92 Å². The van der Waals surface area contributed by atoms with Crippen LogP contribution in [0.4, 0.5) is 0 Å². The van der Waals surface area contributed by atoms with Crippen LogP contribution in [0.1, 0.15) is 39.5 Å². The molecule has 0 spiro atoms. The number of nitrogens with one attached hydrogen (secondary N) is 1. The Morgan fingerprint density at radius 3 is 2.78 bits per heavy atom. The molecule has 3 aliphatic rings. The van der Waals surface area contributed by atoms with Crippen molar-refractivity contribution >= 4 is 22.8 Å². The predicted octanol–water partition coefficient (Wildman–Crippen LogP) is 2.67. The van der Waals surface area contributed by atoms with Gasteiger partial charge < -0.3 is 5.32 Å². The average molecular weight is 266 g/mol. The third-order valence-electron chi connectivity index (χ3n) is 4.70. The Morgan fingerprint density at radius 1 is 1.39 bits per heavy atom. The molecule has 2 bridgehead atoms. The lowest BCUT2D eigenvalue weighted by Gasteiger charge is -2.22. The first-order valence-corrected chi connectivity index (χ1v) is 8.04. The number of amides is 1. The van der Waals surface area contributed by atoms with Crippen LogP contribution in [-0.4, -0.2) is 22.9 Å². The van der Waals surface area contributed by atoms with Crippen LogP contribution < -0.4 is 5.32 Å². The number of carbonyl (C=O) groups excluding carboxylic acids is 1. The van der Waals surface area contributed by atoms with Gasteiger partial charge in [-0.3, -0.25) is 4.79 Å². The number of fused-ring (bicyclic) bond motifs is 2. The maximum atomic E-state index is 11.7. The van der Waals surface area contributed by atoms with Crippen molar-refractivity contribution in [2.45, 2.75) is 44.8 Å². The van der Waals surface area contributed by atoms with E-state index in [0.717, 1.165) is 29.5 Å². The van der Waals surface area contributed by atoms with Gasteiger partial charge in [0.25, 0.3) is 5.91 Å². The second-order valence-corrected chi connectivity index (χ2v) is 7.48. The predicted molar refractivity (Wildman–Crippen MR) is 75.6 cm³/mol. The molecule has 0 aromatic heterocycles. The van der Waals surface area contributed by atoms with Crippen LogP contribution in [0.25, 0.3) is 0 Å². The summed E-state index contributed by atoms with van der Waals surface area (Å²) in [6, 6.07) is 0. The van der Waals surface area contributed by atoms with Crippen molar-refractivity contribution < 1.29 is 4.79 Å². The molecule has 1 heterocycles. The number of hydrogen-bond donors (Lipinski definition) is 1. The molecule has 0 saturated heterocycles. The zero-order valence-corrected chi connectivity index (χ0v) is 12.0. The Morgan fingerprint density at radius 2 is 2.22 bits per heavy atom. The van der Waals surface area contributed by atoms with E-state index in [-0.39, 0.29) is 11.2 Å². The van der Waals surface area contributed by atoms with Gasteiger partial charge in [0.2, 0.25) is 0 Å². The van der Waals surface area contributed by atoms with E-state index in [2.05, 4.69) is 24.2 Å². The highest BCUT2D eigenvalue weighted by molar-refractivity contribution is 8.15. The van der Waals surface area contributed by atoms with E-state index in [1.54, 1.807) is 11.8 Å². The monoisotopic (exact) mass is 266 g/mol. The van der Waals surface area contributed by atoms with E-state index in [1.165, 1.54) is 25.7 Å². The summed E-state index contributed by atoms with van der Waals surface area (Å²) in [4.78, 5) is 15.8. The number of carbonyl (C=O) groups is 1. The van der Waals surface area contributed by atoms with Gasteiger partial charge in [0.1, 0.15) is 0 Å². The van der Waals surface area contributed by atoms with Crippen molar-refractivity contribution in [2.75, 3.05) is 6.54 Å². The maximum Gasteiger partial charge on any atom is 0.261 e. The summed E-state index contributed by atoms with van der Waals surface area (Å²) in [5.74, 6) is 3.16. The van der Waals surface area contributed by atoms with Crippen molar-refractivity contribution in [1.82, 2.24) is 5.32 Å². The highest BCUT2D eigenvalue weighted by Gasteiger charge is 2.39. The highest BCUT2D eigenvalue weighted by Crippen LogP contribution is 2.48. The van der Waals surface area contributed by atoms with E-state index in [9.17, 15) is 4.79 Å². The van der Waals surface area contributed by atoms with Gasteiger partial charge in [-0.25, -0.2) is 0 Å². The summed E-state index contributed by atoms with van der Waals surface area (Å²) in [5.41, 5.74) is 0. The molecule has 0 aromatic carbocycles. The lowest BCUT2D eigenvalue weighted by molar-refractivity contribution is -0.117. The largest absolute Gasteiger partial charge is 0.364 e. The molecule has 2 saturated carbocycles. The fourth-order valence-electron chi connectivity index (χ4n) is 3.71. The minimum atomic E-state index is 0.0347. The minimum absolute atomic E-state index is 0.0347. The SMILES string of the molecule is CC(C)C1SC(NC[C@H]2C[C@H]3CC[C@H]2C3)=NC1=O. The molecule has 1 unspecified atom stereocenters. The fourth-order valence-corrected chi connectivity index (χ4v) is 4.68. The first kappa shape index (κ1) is 12.5. The molecule has 4 atom stereocenters. The van der Waals surface area contributed by atoms with Crippen molar-refractivity contribution in [3.05, 3.63) is 0 Å². The zero-order valence-electron chi connectivity index (χ0n) is 11.2. The zero-order chi connectivity index (χ0) is 12.7. The lowest BCUT2D eigenvalue weighted by atomic mass is 9.89. The third kappa shape index (κ3) is 2.31. The summed E-state index contributed by atoms with van der Waals surface area (Å²) in [5, 5.41) is 4.31. The second-order valence-electron chi connectivity index (χ2n) is 6.35. The van der Waals surface area contributed by atoms with Crippen LogP contribution >= 0.6 is 11.8 Å². The Balaban J connectivity index is 1.50. The molecule has 4 heteroatoms. The van der Waals surface area contributed by atoms with Crippen molar-refractivity contribution in [1.29, 1.82) is 0 Å². The van der Waals surface area contributed by atoms with Crippen molar-refractivity contribution in [2.24, 2.45) is 28.7 Å². The normalized spacial score (nSPS) is 38.6. The van der Waals surface area contributed by atoms with Gasteiger partial charge in [-0.1, -0.05) is 32.0 Å². The topological polar surface area (TPSA) is 41.5 Å². The molecule has 1 N–H and O–H groups in total. The quantitative estimate of drug-likeness (QED) is 0.854. The highest BCUT2D eigenvalue weighted by atomic mass is 32.2. The number of aliphatic imine (C=N–C) groups is 1. The molecule has 3 nitrogen and oxygen atoms in total. The van der Waals surface area contributed by atoms with Crippen LogP contribution in [0, 0.1) is 23.7 Å². The molecule has 0 radical (unpaired) electrons. The fraction of sp³-hybridized carbons (Fsp3) is 0.857. The van der Waals surface area contributed by atoms with Crippen LogP contribution in [0.15, 0.2) is 4.99 Å². The Hall–Kier alpha value is -0.510. The molecule has 2 aliphatic carbocycles. The molecule has 1 amide bonds. The van der Waals surface area contributed by atoms with Gasteiger partial charge in [-0.2, -0.15) is 4.99 Å². The van der Waals surface area contributed by atoms with E-state index in [4.69, 9.17) is 0 Å². The molecule has 18 heavy (non-hydrogen) atoms. The summed E-state index contributed by atoms with van der Waals surface area (Å²) in [6.07, 6.45) is 5.70. The summed E-state index contributed by atoms with van der Waals surface area (Å²) in [6.45, 7) is 5.19. The Labute approximate surface area is 113 Å². The lowest BCUT2D eigenvalue weighted by Crippen LogP contribution is -2.29. The Bertz CT molecular complexity index is 380. The molecule has 0 aromatic rings. The number of rotatable bonds is 3. The summed E-state index contributed by atoms with van der Waals surface area (Å²) >= 11 is 1.62. The van der Waals surface area contributed by atoms with Crippen LogP contribution in [-0.2, 0) is 4.79 Å². The number of hydrogen-bond acceptors (Lipinski definition) is 3. The molecular formula is C14H22N2OS. The van der Waals surface area contributed by atoms with Crippen LogP contribution in [0.2, 0.25) is 0 Å². The van der Waals surface area contributed by atoms with Crippen LogP contribution in [0.3, 0.4) is 0 Å². The number of amidine groups is 1. The molecular weight excluding hydrogens is 244 g/mol. The molecule has 1 aliphatic heterocycles. The molecule has 3 rings (SSSR count). The van der Waals surface area contributed by atoms with E-state index >= 15 is 0 Å². The third-order valence-corrected chi connectivity index (χ3v) is 6.16. The average Bonchev–Trinajstić information content (AvgIpc) is 3.00. The number of thioether (sulfide) groups is 1. The van der Waals surface area contributed by atoms with Gasteiger partial charge in [0.05, 0.1) is 5.25 Å². The van der Waals surface area contributed by atoms with Gasteiger partial charge >= 0.3 is 0 Å². The minimum Gasteiger partial charge on any atom is -0.364 e. The smallest absolute Gasteiger partial charge is 0.261 e. The maximum absolute atomic E-state index is 11.7. The Kier molecular flexibility index (Phi) is 3.39. The summed E-state index contributed by atoms with van der Waals surface area (Å²) in [7, 11) is 0. The first-order valence-electron chi connectivity index (χ1n) is 7.16. The van der Waals surface area contributed by atoms with Crippen LogP contribution in [0.5, 0.6) is 0 Å². The van der Waals surface area contributed by atoms with Gasteiger partial charge in [-0.05, 0) is 42.9 Å². The van der Waals surface area contributed by atoms with Crippen molar-refractivity contribution in [3.63, 3.8) is 0 Å². The molecule has 100 valence electrons. The van der Waals surface area contributed by atoms with Crippen molar-refractivity contribution in [3.8, 4) is 0 Å². The van der Waals surface area contributed by atoms with Gasteiger partial charge in [0.15, 0.2) is 5.17 Å². The van der Waals surface area contributed by atoms with Gasteiger partial charge in [0, 0.05) is 6.54 Å².